The zero-order valence-corrected chi connectivity index (χ0v) is 13.2. The minimum absolute atomic E-state index is 0.0382. The maximum Gasteiger partial charge on any atom is 0.246 e. The largest absolute Gasteiger partial charge is 0.380 e. The van der Waals surface area contributed by atoms with Crippen molar-refractivity contribution in [1.82, 2.24) is 20.1 Å². The Labute approximate surface area is 134 Å². The molecule has 1 amide bonds. The van der Waals surface area contributed by atoms with Crippen molar-refractivity contribution >= 4 is 22.6 Å². The highest BCUT2D eigenvalue weighted by Gasteiger charge is 2.32. The lowest BCUT2D eigenvalue weighted by Gasteiger charge is -2.40. The third-order valence-electron chi connectivity index (χ3n) is 4.22. The number of carbonyl (C=O) groups excluding carboxylic acids is 1. The molecule has 0 aliphatic carbocycles. The van der Waals surface area contributed by atoms with Gasteiger partial charge in [-0.1, -0.05) is 13.5 Å². The highest BCUT2D eigenvalue weighted by molar-refractivity contribution is 5.88. The molecule has 7 heteroatoms. The lowest BCUT2D eigenvalue weighted by atomic mass is 10.0. The highest BCUT2D eigenvalue weighted by atomic mass is 16.5. The SMILES string of the molecule is C=CC(=O)N1CCO[C@H](CNc2cnnc3[nH]ccc23)[C@@H]1CC. The first kappa shape index (κ1) is 15.5. The van der Waals surface area contributed by atoms with Crippen molar-refractivity contribution in [2.75, 3.05) is 25.0 Å². The second-order valence-corrected chi connectivity index (χ2v) is 5.50. The molecule has 2 atom stereocenters. The van der Waals surface area contributed by atoms with E-state index in [1.54, 1.807) is 6.20 Å². The standard InChI is InChI=1S/C16H21N5O2/c1-3-13-14(23-8-7-21(13)15(22)4-2)10-18-12-9-19-20-16-11(12)5-6-17-16/h4-6,9,13-14H,2-3,7-8,10H2,1H3,(H2,17,18,20)/t13-,14+/m0/s1. The smallest absolute Gasteiger partial charge is 0.246 e. The van der Waals surface area contributed by atoms with Crippen LogP contribution in [0.1, 0.15) is 13.3 Å². The number of aromatic nitrogens is 3. The van der Waals surface area contributed by atoms with Crippen molar-refractivity contribution in [3.63, 3.8) is 0 Å². The van der Waals surface area contributed by atoms with Gasteiger partial charge in [-0.25, -0.2) is 0 Å². The van der Waals surface area contributed by atoms with Gasteiger partial charge in [0.1, 0.15) is 0 Å². The van der Waals surface area contributed by atoms with Gasteiger partial charge in [-0.05, 0) is 18.6 Å². The van der Waals surface area contributed by atoms with E-state index in [4.69, 9.17) is 4.74 Å². The Bertz CT molecular complexity index is 699. The molecule has 3 rings (SSSR count). The minimum atomic E-state index is -0.0696. The second-order valence-electron chi connectivity index (χ2n) is 5.50. The van der Waals surface area contributed by atoms with Gasteiger partial charge in [-0.2, -0.15) is 5.10 Å². The molecule has 1 aliphatic rings. The lowest BCUT2D eigenvalue weighted by Crippen LogP contribution is -2.55. The van der Waals surface area contributed by atoms with E-state index in [9.17, 15) is 4.79 Å². The van der Waals surface area contributed by atoms with Gasteiger partial charge in [0.2, 0.25) is 5.91 Å². The number of H-pyrrole nitrogens is 1. The summed E-state index contributed by atoms with van der Waals surface area (Å²) in [6.07, 6.45) is 5.67. The number of ether oxygens (including phenoxy) is 1. The Hall–Kier alpha value is -2.41. The molecule has 2 aromatic heterocycles. The molecule has 23 heavy (non-hydrogen) atoms. The summed E-state index contributed by atoms with van der Waals surface area (Å²) >= 11 is 0. The van der Waals surface area contributed by atoms with Crippen molar-refractivity contribution in [2.45, 2.75) is 25.5 Å². The average molecular weight is 315 g/mol. The molecule has 0 aromatic carbocycles. The van der Waals surface area contributed by atoms with Crippen LogP contribution in [0.25, 0.3) is 11.0 Å². The molecule has 1 fully saturated rings. The summed E-state index contributed by atoms with van der Waals surface area (Å²) in [6.45, 7) is 7.40. The third-order valence-corrected chi connectivity index (χ3v) is 4.22. The van der Waals surface area contributed by atoms with E-state index < -0.39 is 0 Å². The molecule has 0 radical (unpaired) electrons. The molecular formula is C16H21N5O2. The zero-order valence-electron chi connectivity index (χ0n) is 13.2. The van der Waals surface area contributed by atoms with Gasteiger partial charge in [0.15, 0.2) is 5.65 Å². The summed E-state index contributed by atoms with van der Waals surface area (Å²) in [5.74, 6) is -0.0382. The third kappa shape index (κ3) is 3.05. The molecule has 1 saturated heterocycles. The van der Waals surface area contributed by atoms with E-state index in [1.165, 1.54) is 6.08 Å². The van der Waals surface area contributed by atoms with E-state index in [1.807, 2.05) is 17.2 Å². The molecular weight excluding hydrogens is 294 g/mol. The molecule has 0 unspecified atom stereocenters. The predicted octanol–water partition coefficient (Wildman–Crippen LogP) is 1.56. The van der Waals surface area contributed by atoms with Crippen LogP contribution in [0.4, 0.5) is 5.69 Å². The second kappa shape index (κ2) is 6.78. The molecule has 2 aromatic rings. The molecule has 0 spiro atoms. The number of rotatable bonds is 5. The van der Waals surface area contributed by atoms with E-state index in [0.29, 0.717) is 19.7 Å². The summed E-state index contributed by atoms with van der Waals surface area (Å²) in [5, 5.41) is 12.4. The van der Waals surface area contributed by atoms with Crippen molar-refractivity contribution in [3.8, 4) is 0 Å². The predicted molar refractivity (Wildman–Crippen MR) is 88.1 cm³/mol. The van der Waals surface area contributed by atoms with Gasteiger partial charge in [0.25, 0.3) is 0 Å². The summed E-state index contributed by atoms with van der Waals surface area (Å²) in [4.78, 5) is 16.9. The molecule has 1 aliphatic heterocycles. The molecule has 0 bridgehead atoms. The van der Waals surface area contributed by atoms with Crippen LogP contribution < -0.4 is 5.32 Å². The Morgan fingerprint density at radius 3 is 3.30 bits per heavy atom. The summed E-state index contributed by atoms with van der Waals surface area (Å²) in [7, 11) is 0. The molecule has 7 nitrogen and oxygen atoms in total. The first-order valence-corrected chi connectivity index (χ1v) is 7.82. The highest BCUT2D eigenvalue weighted by Crippen LogP contribution is 2.22. The number of nitrogens with zero attached hydrogens (tertiary/aromatic N) is 3. The number of carbonyl (C=O) groups is 1. The Kier molecular flexibility index (Phi) is 4.57. The number of hydrogen-bond acceptors (Lipinski definition) is 5. The van der Waals surface area contributed by atoms with Crippen LogP contribution in [0.3, 0.4) is 0 Å². The van der Waals surface area contributed by atoms with E-state index in [-0.39, 0.29) is 18.1 Å². The fourth-order valence-corrected chi connectivity index (χ4v) is 3.08. The molecule has 3 heterocycles. The van der Waals surface area contributed by atoms with Crippen LogP contribution in [0.2, 0.25) is 0 Å². The van der Waals surface area contributed by atoms with E-state index in [2.05, 4.69) is 34.0 Å². The molecule has 0 saturated carbocycles. The normalized spacial score (nSPS) is 21.3. The zero-order chi connectivity index (χ0) is 16.2. The van der Waals surface area contributed by atoms with Crippen molar-refractivity contribution in [1.29, 1.82) is 0 Å². The van der Waals surface area contributed by atoms with Crippen LogP contribution >= 0.6 is 0 Å². The van der Waals surface area contributed by atoms with Crippen LogP contribution in [0, 0.1) is 0 Å². The van der Waals surface area contributed by atoms with Gasteiger partial charge >= 0.3 is 0 Å². The van der Waals surface area contributed by atoms with Gasteiger partial charge in [0, 0.05) is 24.7 Å². The van der Waals surface area contributed by atoms with Crippen LogP contribution in [0.5, 0.6) is 0 Å². The summed E-state index contributed by atoms with van der Waals surface area (Å²) in [5.41, 5.74) is 1.65. The van der Waals surface area contributed by atoms with E-state index >= 15 is 0 Å². The fourth-order valence-electron chi connectivity index (χ4n) is 3.08. The quantitative estimate of drug-likeness (QED) is 0.818. The van der Waals surface area contributed by atoms with Crippen LogP contribution in [0.15, 0.2) is 31.1 Å². The Balaban J connectivity index is 1.72. The van der Waals surface area contributed by atoms with E-state index in [0.717, 1.165) is 23.1 Å². The van der Waals surface area contributed by atoms with Crippen molar-refractivity contribution < 1.29 is 9.53 Å². The fraction of sp³-hybridized carbons (Fsp3) is 0.438. The lowest BCUT2D eigenvalue weighted by molar-refractivity contribution is -0.140. The average Bonchev–Trinajstić information content (AvgIpc) is 3.08. The first-order valence-electron chi connectivity index (χ1n) is 7.82. The number of nitrogens with one attached hydrogen (secondary N) is 2. The van der Waals surface area contributed by atoms with Crippen molar-refractivity contribution in [3.05, 3.63) is 31.1 Å². The van der Waals surface area contributed by atoms with Gasteiger partial charge in [0.05, 0.1) is 30.6 Å². The number of hydrogen-bond donors (Lipinski definition) is 2. The number of aromatic amines is 1. The first-order chi connectivity index (χ1) is 11.2. The molecule has 2 N–H and O–H groups in total. The maximum atomic E-state index is 12.0. The monoisotopic (exact) mass is 315 g/mol. The topological polar surface area (TPSA) is 83.1 Å². The minimum Gasteiger partial charge on any atom is -0.380 e. The Morgan fingerprint density at radius 2 is 2.52 bits per heavy atom. The maximum absolute atomic E-state index is 12.0. The number of morpholine rings is 1. The number of anilines is 1. The summed E-state index contributed by atoms with van der Waals surface area (Å²) in [6, 6.07) is 2.00. The van der Waals surface area contributed by atoms with Crippen LogP contribution in [-0.2, 0) is 9.53 Å². The summed E-state index contributed by atoms with van der Waals surface area (Å²) < 4.78 is 5.89. The number of amides is 1. The Morgan fingerprint density at radius 1 is 1.65 bits per heavy atom. The van der Waals surface area contributed by atoms with Gasteiger partial charge in [-0.3, -0.25) is 4.79 Å². The molecule has 122 valence electrons. The van der Waals surface area contributed by atoms with Gasteiger partial charge in [-0.15, -0.1) is 5.10 Å². The van der Waals surface area contributed by atoms with Crippen LogP contribution in [-0.4, -0.2) is 57.8 Å². The number of fused-ring (bicyclic) bond motifs is 1. The van der Waals surface area contributed by atoms with Crippen molar-refractivity contribution in [2.24, 2.45) is 0 Å². The van der Waals surface area contributed by atoms with Gasteiger partial charge < -0.3 is 19.9 Å².